The van der Waals surface area contributed by atoms with Gasteiger partial charge in [0.2, 0.25) is 0 Å². The van der Waals surface area contributed by atoms with Crippen molar-refractivity contribution >= 4 is 0 Å². The Balaban J connectivity index is 0. The third-order valence-corrected chi connectivity index (χ3v) is 1.18. The van der Waals surface area contributed by atoms with Gasteiger partial charge >= 0.3 is 0 Å². The fraction of sp³-hybridized carbons (Fsp3) is 0.833. The maximum atomic E-state index is 2.25. The summed E-state index contributed by atoms with van der Waals surface area (Å²) in [6, 6.07) is 0. The molecule has 8 heavy (non-hydrogen) atoms. The normalized spacial score (nSPS) is 9.00. The molecule has 0 heterocycles. The zero-order valence-electron chi connectivity index (χ0n) is 6.15. The Hall–Kier alpha value is 0.583. The van der Waals surface area contributed by atoms with E-state index in [2.05, 4.69) is 32.2 Å². The number of rotatable bonds is 3. The van der Waals surface area contributed by atoms with Crippen molar-refractivity contribution in [2.75, 3.05) is 13.1 Å². The maximum Gasteiger partial charge on any atom is 0 e. The Morgan fingerprint density at radius 3 is 1.62 bits per heavy atom. The van der Waals surface area contributed by atoms with E-state index in [1.165, 1.54) is 0 Å². The first-order chi connectivity index (χ1) is 3.35. The third-order valence-electron chi connectivity index (χ3n) is 1.18. The van der Waals surface area contributed by atoms with Crippen molar-refractivity contribution < 1.29 is 19.5 Å². The van der Waals surface area contributed by atoms with Gasteiger partial charge in [-0.2, -0.15) is 6.92 Å². The second-order valence-corrected chi connectivity index (χ2v) is 1.48. The number of hydrogen-bond acceptors (Lipinski definition) is 1. The van der Waals surface area contributed by atoms with Gasteiger partial charge in [0.05, 0.1) is 0 Å². The fourth-order valence-electron chi connectivity index (χ4n) is 0.589. The SMILES string of the molecule is C[CH-]N(CC)CC.[Zn]. The molecule has 0 radical (unpaired) electrons. The van der Waals surface area contributed by atoms with E-state index < -0.39 is 0 Å². The van der Waals surface area contributed by atoms with Gasteiger partial charge in [0, 0.05) is 19.5 Å². The van der Waals surface area contributed by atoms with Crippen LogP contribution in [0.5, 0.6) is 0 Å². The molecule has 0 fully saturated rings. The van der Waals surface area contributed by atoms with Gasteiger partial charge in [0.1, 0.15) is 0 Å². The van der Waals surface area contributed by atoms with E-state index >= 15 is 0 Å². The Morgan fingerprint density at radius 1 is 1.25 bits per heavy atom. The molecule has 0 aromatic heterocycles. The van der Waals surface area contributed by atoms with Crippen LogP contribution in [0, 0.1) is 6.54 Å². The van der Waals surface area contributed by atoms with Gasteiger partial charge in [0.15, 0.2) is 0 Å². The Bertz CT molecular complexity index is 30.0. The average molecular weight is 166 g/mol. The zero-order valence-corrected chi connectivity index (χ0v) is 9.11. The molecule has 0 N–H and O–H groups in total. The molecular weight excluding hydrogens is 151 g/mol. The standard InChI is InChI=1S/C6H14N.Zn/c1-4-7(5-2)6-3;/h4H,5-6H2,1-3H3;/q-1;. The molecule has 46 valence electrons. The summed E-state index contributed by atoms with van der Waals surface area (Å²) in [6.07, 6.45) is 0. The van der Waals surface area contributed by atoms with E-state index in [-0.39, 0.29) is 19.5 Å². The van der Waals surface area contributed by atoms with Crippen LogP contribution in [0.25, 0.3) is 0 Å². The summed E-state index contributed by atoms with van der Waals surface area (Å²) in [5.74, 6) is 0. The topological polar surface area (TPSA) is 3.24 Å². The quantitative estimate of drug-likeness (QED) is 0.453. The number of nitrogens with zero attached hydrogens (tertiary/aromatic N) is 1. The minimum Gasteiger partial charge on any atom is -0.457 e. The molecule has 0 aliphatic carbocycles. The summed E-state index contributed by atoms with van der Waals surface area (Å²) in [7, 11) is 0. The van der Waals surface area contributed by atoms with Gasteiger partial charge < -0.3 is 4.90 Å². The van der Waals surface area contributed by atoms with E-state index in [4.69, 9.17) is 0 Å². The van der Waals surface area contributed by atoms with Crippen LogP contribution in [0.4, 0.5) is 0 Å². The van der Waals surface area contributed by atoms with Crippen LogP contribution in [-0.2, 0) is 19.5 Å². The molecular formula is C6H14NZn-. The molecule has 0 spiro atoms. The molecule has 0 rings (SSSR count). The van der Waals surface area contributed by atoms with Crippen molar-refractivity contribution in [1.29, 1.82) is 0 Å². The average Bonchev–Trinajstić information content (AvgIpc) is 1.72. The van der Waals surface area contributed by atoms with Gasteiger partial charge in [-0.25, -0.2) is 0 Å². The van der Waals surface area contributed by atoms with Gasteiger partial charge in [-0.05, 0) is 13.1 Å². The minimum atomic E-state index is 0. The van der Waals surface area contributed by atoms with Crippen molar-refractivity contribution in [2.24, 2.45) is 0 Å². The predicted octanol–water partition coefficient (Wildman–Crippen LogP) is 1.51. The van der Waals surface area contributed by atoms with E-state index in [9.17, 15) is 0 Å². The first kappa shape index (κ1) is 11.4. The molecule has 0 saturated carbocycles. The van der Waals surface area contributed by atoms with E-state index in [1.54, 1.807) is 0 Å². The monoisotopic (exact) mass is 164 g/mol. The summed E-state index contributed by atoms with van der Waals surface area (Å²) < 4.78 is 0. The summed E-state index contributed by atoms with van der Waals surface area (Å²) in [4.78, 5) is 2.25. The predicted molar refractivity (Wildman–Crippen MR) is 32.9 cm³/mol. The van der Waals surface area contributed by atoms with E-state index in [0.29, 0.717) is 0 Å². The van der Waals surface area contributed by atoms with E-state index in [0.717, 1.165) is 13.1 Å². The second kappa shape index (κ2) is 7.58. The smallest absolute Gasteiger partial charge is 0 e. The fourth-order valence-corrected chi connectivity index (χ4v) is 0.589. The van der Waals surface area contributed by atoms with Crippen LogP contribution in [0.3, 0.4) is 0 Å². The zero-order chi connectivity index (χ0) is 5.70. The van der Waals surface area contributed by atoms with Crippen LogP contribution in [0.1, 0.15) is 20.8 Å². The summed E-state index contributed by atoms with van der Waals surface area (Å²) in [5, 5.41) is 0. The Kier molecular flexibility index (Phi) is 10.8. The van der Waals surface area contributed by atoms with Crippen molar-refractivity contribution in [2.45, 2.75) is 20.8 Å². The molecule has 0 aromatic carbocycles. The molecule has 0 aromatic rings. The van der Waals surface area contributed by atoms with Crippen molar-refractivity contribution in [3.63, 3.8) is 0 Å². The van der Waals surface area contributed by atoms with Crippen molar-refractivity contribution in [1.82, 2.24) is 4.90 Å². The van der Waals surface area contributed by atoms with Gasteiger partial charge in [-0.1, -0.05) is 13.8 Å². The maximum absolute atomic E-state index is 2.25. The van der Waals surface area contributed by atoms with Crippen LogP contribution in [0.2, 0.25) is 0 Å². The Labute approximate surface area is 65.2 Å². The van der Waals surface area contributed by atoms with Gasteiger partial charge in [-0.15, -0.1) is 0 Å². The van der Waals surface area contributed by atoms with Crippen molar-refractivity contribution in [3.8, 4) is 0 Å². The molecule has 0 saturated heterocycles. The first-order valence-electron chi connectivity index (χ1n) is 2.88. The Morgan fingerprint density at radius 2 is 1.62 bits per heavy atom. The molecule has 0 aliphatic rings. The summed E-state index contributed by atoms with van der Waals surface area (Å²) >= 11 is 0. The first-order valence-corrected chi connectivity index (χ1v) is 2.88. The molecule has 2 heteroatoms. The van der Waals surface area contributed by atoms with E-state index in [1.807, 2.05) is 0 Å². The van der Waals surface area contributed by atoms with Gasteiger partial charge in [0.25, 0.3) is 0 Å². The van der Waals surface area contributed by atoms with Gasteiger partial charge in [-0.3, -0.25) is 6.54 Å². The molecule has 0 amide bonds. The molecule has 0 atom stereocenters. The summed E-state index contributed by atoms with van der Waals surface area (Å²) in [5.41, 5.74) is 0. The van der Waals surface area contributed by atoms with Crippen LogP contribution < -0.4 is 0 Å². The summed E-state index contributed by atoms with van der Waals surface area (Å²) in [6.45, 7) is 10.8. The largest absolute Gasteiger partial charge is 0.457 e. The second-order valence-electron chi connectivity index (χ2n) is 1.48. The molecule has 0 bridgehead atoms. The van der Waals surface area contributed by atoms with Crippen LogP contribution >= 0.6 is 0 Å². The molecule has 1 nitrogen and oxygen atoms in total. The molecule has 0 aliphatic heterocycles. The minimum absolute atomic E-state index is 0. The third kappa shape index (κ3) is 4.74. The van der Waals surface area contributed by atoms with Crippen LogP contribution in [-0.4, -0.2) is 18.0 Å². The molecule has 0 unspecified atom stereocenters. The number of hydrogen-bond donors (Lipinski definition) is 0. The van der Waals surface area contributed by atoms with Crippen molar-refractivity contribution in [3.05, 3.63) is 6.54 Å². The van der Waals surface area contributed by atoms with Crippen LogP contribution in [0.15, 0.2) is 0 Å².